The van der Waals surface area contributed by atoms with Crippen molar-refractivity contribution in [2.24, 2.45) is 0 Å². The van der Waals surface area contributed by atoms with Gasteiger partial charge in [0.1, 0.15) is 23.8 Å². The number of hydrogen-bond acceptors (Lipinski definition) is 8. The molecule has 0 aliphatic carbocycles. The third kappa shape index (κ3) is 7.77. The van der Waals surface area contributed by atoms with Crippen molar-refractivity contribution in [2.75, 3.05) is 4.90 Å². The Morgan fingerprint density at radius 2 is 1.70 bits per heavy atom. The molecule has 4 atom stereocenters. The molecule has 14 heteroatoms. The van der Waals surface area contributed by atoms with Gasteiger partial charge in [0.05, 0.1) is 18.0 Å². The largest absolute Gasteiger partial charge is 0.444 e. The first-order chi connectivity index (χ1) is 20.2. The second kappa shape index (κ2) is 12.8. The number of tetrazole rings is 1. The molecule has 4 rings (SSSR count). The highest BCUT2D eigenvalue weighted by Crippen LogP contribution is 2.36. The van der Waals surface area contributed by atoms with E-state index in [9.17, 15) is 22.4 Å². The first-order valence-electron chi connectivity index (χ1n) is 14.4. The fourth-order valence-corrected chi connectivity index (χ4v) is 5.47. The average Bonchev–Trinajstić information content (AvgIpc) is 3.49. The van der Waals surface area contributed by atoms with Crippen LogP contribution in [-0.4, -0.2) is 64.9 Å². The molecule has 234 valence electrons. The van der Waals surface area contributed by atoms with Gasteiger partial charge >= 0.3 is 12.3 Å². The Kier molecular flexibility index (Phi) is 9.55. The van der Waals surface area contributed by atoms with Gasteiger partial charge in [-0.1, -0.05) is 19.9 Å². The van der Waals surface area contributed by atoms with Crippen molar-refractivity contribution in [3.63, 3.8) is 0 Å². The zero-order chi connectivity index (χ0) is 31.5. The number of piperidine rings is 1. The minimum Gasteiger partial charge on any atom is -0.444 e. The molecule has 2 aromatic heterocycles. The summed E-state index contributed by atoms with van der Waals surface area (Å²) in [5.74, 6) is 0.282. The van der Waals surface area contributed by atoms with Gasteiger partial charge in [0.25, 0.3) is 0 Å². The number of likely N-dealkylation sites (tertiary alicyclic amines) is 1. The topological polar surface area (TPSA) is 102 Å². The van der Waals surface area contributed by atoms with E-state index in [0.29, 0.717) is 31.4 Å². The van der Waals surface area contributed by atoms with E-state index in [2.05, 4.69) is 25.5 Å². The predicted octanol–water partition coefficient (Wildman–Crippen LogP) is 6.46. The van der Waals surface area contributed by atoms with Crippen LogP contribution in [0.15, 0.2) is 36.9 Å². The molecule has 0 spiro atoms. The smallest absolute Gasteiger partial charge is 0.416 e. The van der Waals surface area contributed by atoms with Crippen LogP contribution in [0.25, 0.3) is 5.69 Å². The highest BCUT2D eigenvalue weighted by atomic mass is 19.4. The number of rotatable bonds is 8. The fraction of sp³-hybridized carbons (Fsp3) is 0.586. The van der Waals surface area contributed by atoms with Crippen LogP contribution >= 0.6 is 0 Å². The second-order valence-electron chi connectivity index (χ2n) is 11.8. The summed E-state index contributed by atoms with van der Waals surface area (Å²) in [6, 6.07) is 2.71. The molecule has 0 radical (unpaired) electrons. The number of aromatic nitrogens is 6. The minimum absolute atomic E-state index is 0.00214. The van der Waals surface area contributed by atoms with Gasteiger partial charge in [-0.2, -0.15) is 17.9 Å². The van der Waals surface area contributed by atoms with Gasteiger partial charge in [0.15, 0.2) is 0 Å². The maximum absolute atomic E-state index is 14.3. The molecule has 43 heavy (non-hydrogen) atoms. The molecule has 1 aliphatic heterocycles. The third-order valence-corrected chi connectivity index (χ3v) is 7.51. The van der Waals surface area contributed by atoms with E-state index in [-0.39, 0.29) is 41.7 Å². The molecule has 0 bridgehead atoms. The number of nitrogens with zero attached hydrogens (tertiary/aromatic N) is 8. The maximum Gasteiger partial charge on any atom is 0.416 e. The lowest BCUT2D eigenvalue weighted by Gasteiger charge is -2.48. The molecule has 1 fully saturated rings. The van der Waals surface area contributed by atoms with Crippen molar-refractivity contribution in [2.45, 2.75) is 110 Å². The summed E-state index contributed by atoms with van der Waals surface area (Å²) in [5.41, 5.74) is -0.869. The Labute approximate surface area is 248 Å². The predicted molar refractivity (Wildman–Crippen MR) is 151 cm³/mol. The number of carbonyl (C=O) groups excluding carboxylic acids is 1. The lowest BCUT2D eigenvalue weighted by molar-refractivity contribution is -0.137. The van der Waals surface area contributed by atoms with Crippen molar-refractivity contribution in [3.05, 3.63) is 53.6 Å². The summed E-state index contributed by atoms with van der Waals surface area (Å²) in [4.78, 5) is 26.0. The molecular weight excluding hydrogens is 568 g/mol. The van der Waals surface area contributed by atoms with E-state index in [1.54, 1.807) is 4.90 Å². The summed E-state index contributed by atoms with van der Waals surface area (Å²) < 4.78 is 62.9. The van der Waals surface area contributed by atoms with Crippen LogP contribution < -0.4 is 4.90 Å². The monoisotopic (exact) mass is 606 g/mol. The van der Waals surface area contributed by atoms with Crippen LogP contribution in [0, 0.1) is 0 Å². The fourth-order valence-electron chi connectivity index (χ4n) is 5.47. The van der Waals surface area contributed by atoms with Crippen LogP contribution in [0.5, 0.6) is 0 Å². The summed E-state index contributed by atoms with van der Waals surface area (Å²) in [6.07, 6.45) is 0.125. The molecule has 1 aromatic carbocycles. The van der Waals surface area contributed by atoms with Gasteiger partial charge in [0.2, 0.25) is 5.95 Å². The van der Waals surface area contributed by atoms with Crippen LogP contribution in [0.1, 0.15) is 90.1 Å². The quantitative estimate of drug-likeness (QED) is 0.269. The Morgan fingerprint density at radius 3 is 2.19 bits per heavy atom. The first kappa shape index (κ1) is 32.1. The van der Waals surface area contributed by atoms with Crippen LogP contribution in [0.4, 0.5) is 28.3 Å². The Hall–Kier alpha value is -3.84. The molecule has 1 saturated heterocycles. The molecule has 1 amide bonds. The Morgan fingerprint density at radius 1 is 1.07 bits per heavy atom. The maximum atomic E-state index is 14.3. The van der Waals surface area contributed by atoms with Crippen molar-refractivity contribution >= 4 is 12.0 Å². The molecule has 0 saturated carbocycles. The van der Waals surface area contributed by atoms with Gasteiger partial charge in [-0.3, -0.25) is 0 Å². The average molecular weight is 607 g/mol. The zero-order valence-electron chi connectivity index (χ0n) is 25.2. The highest BCUT2D eigenvalue weighted by molar-refractivity contribution is 5.69. The van der Waals surface area contributed by atoms with Crippen molar-refractivity contribution in [1.82, 2.24) is 35.1 Å². The third-order valence-electron chi connectivity index (χ3n) is 7.51. The normalized spacial score (nSPS) is 20.1. The zero-order valence-corrected chi connectivity index (χ0v) is 25.2. The number of hydrogen-bond donors (Lipinski definition) is 0. The molecule has 10 nitrogen and oxygen atoms in total. The van der Waals surface area contributed by atoms with Gasteiger partial charge in [-0.25, -0.2) is 19.2 Å². The molecular formula is C29H38F4N8O2. The Balaban J connectivity index is 1.74. The van der Waals surface area contributed by atoms with Crippen LogP contribution in [-0.2, 0) is 17.5 Å². The highest BCUT2D eigenvalue weighted by Gasteiger charge is 2.41. The van der Waals surface area contributed by atoms with E-state index < -0.39 is 29.6 Å². The van der Waals surface area contributed by atoms with Crippen LogP contribution in [0.3, 0.4) is 0 Å². The number of alkyl halides is 4. The van der Waals surface area contributed by atoms with E-state index in [1.807, 2.05) is 39.5 Å². The molecule has 2 unspecified atom stereocenters. The summed E-state index contributed by atoms with van der Waals surface area (Å²) in [7, 11) is 0. The van der Waals surface area contributed by atoms with Gasteiger partial charge in [-0.05, 0) is 87.1 Å². The first-order valence-corrected chi connectivity index (χ1v) is 14.4. The summed E-state index contributed by atoms with van der Waals surface area (Å²) >= 11 is 0. The molecule has 0 N–H and O–H groups in total. The van der Waals surface area contributed by atoms with E-state index >= 15 is 0 Å². The SMILES string of the molecule is CC[C@@H]1CC(N(Cc2cc(C(C)F)cc(C(F)(F)F)c2)c2ncc(-n3cnnn3)cn2)C[C@H](CC)N1C(=O)OC(C)(C)C. The summed E-state index contributed by atoms with van der Waals surface area (Å²) in [6.45, 7) is 10.6. The number of halogens is 4. The standard InChI is InChI=1S/C29H38F4N8O2/c1-7-22-12-24(13-23(8-2)41(22)27(42)43-28(4,5)6)39(26-34-14-25(15-35-26)40-17-36-37-38-40)16-19-9-20(18(3)30)11-21(10-19)29(31,32)33/h9-11,14-15,17-18,22-24H,7-8,12-13,16H2,1-6H3/t18?,22-,23+,24?. The van der Waals surface area contributed by atoms with Crippen molar-refractivity contribution in [1.29, 1.82) is 0 Å². The van der Waals surface area contributed by atoms with Crippen LogP contribution in [0.2, 0.25) is 0 Å². The Bertz CT molecular complexity index is 1350. The van der Waals surface area contributed by atoms with E-state index in [0.717, 1.165) is 12.1 Å². The van der Waals surface area contributed by atoms with Gasteiger partial charge < -0.3 is 14.5 Å². The number of anilines is 1. The van der Waals surface area contributed by atoms with E-state index in [1.165, 1.54) is 36.4 Å². The molecule has 1 aliphatic rings. The van der Waals surface area contributed by atoms with Gasteiger partial charge in [-0.15, -0.1) is 5.10 Å². The molecule has 3 heterocycles. The number of benzene rings is 1. The van der Waals surface area contributed by atoms with E-state index in [4.69, 9.17) is 4.74 Å². The lowest BCUT2D eigenvalue weighted by atomic mass is 9.87. The molecule has 3 aromatic rings. The van der Waals surface area contributed by atoms with Gasteiger partial charge in [0, 0.05) is 24.7 Å². The minimum atomic E-state index is -4.65. The van der Waals surface area contributed by atoms with Crippen molar-refractivity contribution in [3.8, 4) is 5.69 Å². The second-order valence-corrected chi connectivity index (χ2v) is 11.8. The lowest BCUT2D eigenvalue weighted by Crippen LogP contribution is -2.57. The van der Waals surface area contributed by atoms with Crippen molar-refractivity contribution < 1.29 is 27.1 Å². The summed E-state index contributed by atoms with van der Waals surface area (Å²) in [5, 5.41) is 11.1. The number of amides is 1. The number of carbonyl (C=O) groups is 1. The number of ether oxygens (including phenoxy) is 1.